The molecule has 1 saturated carbocycles. The first-order chi connectivity index (χ1) is 27.4. The molecule has 2 saturated heterocycles. The van der Waals surface area contributed by atoms with Crippen LogP contribution < -0.4 is 14.8 Å². The van der Waals surface area contributed by atoms with Gasteiger partial charge >= 0.3 is 0 Å². The summed E-state index contributed by atoms with van der Waals surface area (Å²) in [6.45, 7) is 4.88. The molecule has 3 fully saturated rings. The third-order valence-corrected chi connectivity index (χ3v) is 12.1. The Balaban J connectivity index is 0.643. The van der Waals surface area contributed by atoms with Gasteiger partial charge in [-0.3, -0.25) is 24.7 Å². The van der Waals surface area contributed by atoms with Gasteiger partial charge in [0.15, 0.2) is 0 Å². The predicted molar refractivity (Wildman–Crippen MR) is 211 cm³/mol. The molecule has 0 radical (unpaired) electrons. The number of amides is 3. The molecule has 9 rings (SSSR count). The van der Waals surface area contributed by atoms with Gasteiger partial charge in [-0.15, -0.1) is 0 Å². The summed E-state index contributed by atoms with van der Waals surface area (Å²) in [5.74, 6) is 1.13. The third-order valence-electron chi connectivity index (χ3n) is 12.1. The van der Waals surface area contributed by atoms with E-state index in [1.165, 1.54) is 21.8 Å². The zero-order chi connectivity index (χ0) is 38.2. The molecule has 0 bridgehead atoms. The van der Waals surface area contributed by atoms with E-state index in [1.807, 2.05) is 36.8 Å². The number of aryl methyl sites for hydroxylation is 1. The van der Waals surface area contributed by atoms with Gasteiger partial charge in [0, 0.05) is 98.3 Å². The molecule has 56 heavy (non-hydrogen) atoms. The van der Waals surface area contributed by atoms with Crippen LogP contribution in [-0.2, 0) is 27.9 Å². The third kappa shape index (κ3) is 7.47. The van der Waals surface area contributed by atoms with E-state index < -0.39 is 11.9 Å². The van der Waals surface area contributed by atoms with E-state index in [1.54, 1.807) is 11.0 Å². The number of unbranched alkanes of at least 4 members (excludes halogenated alkanes) is 1. The number of nitrogens with zero attached hydrogens (tertiary/aromatic N) is 5. The minimum absolute atomic E-state index is 0.189. The minimum Gasteiger partial charge on any atom is -0.494 e. The number of piperidine rings is 2. The quantitative estimate of drug-likeness (QED) is 0.113. The van der Waals surface area contributed by atoms with Crippen molar-refractivity contribution in [1.82, 2.24) is 29.7 Å². The number of carbonyl (C=O) groups excluding carboxylic acids is 3. The lowest BCUT2D eigenvalue weighted by atomic mass is 9.81. The largest absolute Gasteiger partial charge is 0.494 e. The highest BCUT2D eigenvalue weighted by atomic mass is 16.5. The second-order valence-electron chi connectivity index (χ2n) is 15.8. The molecule has 6 heterocycles. The number of hydrogen-bond donors (Lipinski definition) is 1. The number of imide groups is 1. The fourth-order valence-corrected chi connectivity index (χ4v) is 8.84. The van der Waals surface area contributed by atoms with E-state index >= 15 is 0 Å². The van der Waals surface area contributed by atoms with Crippen molar-refractivity contribution in [2.75, 3.05) is 32.8 Å². The number of hydrogen-bond acceptors (Lipinski definition) is 9. The molecule has 290 valence electrons. The van der Waals surface area contributed by atoms with Crippen molar-refractivity contribution in [3.8, 4) is 22.8 Å². The molecule has 12 nitrogen and oxygen atoms in total. The van der Waals surface area contributed by atoms with E-state index in [4.69, 9.17) is 14.2 Å². The van der Waals surface area contributed by atoms with Crippen molar-refractivity contribution in [1.29, 1.82) is 0 Å². The normalized spacial score (nSPS) is 21.7. The summed E-state index contributed by atoms with van der Waals surface area (Å²) in [4.78, 5) is 50.0. The van der Waals surface area contributed by atoms with Crippen molar-refractivity contribution < 1.29 is 28.6 Å². The van der Waals surface area contributed by atoms with E-state index in [9.17, 15) is 14.4 Å². The molecule has 1 unspecified atom stereocenters. The van der Waals surface area contributed by atoms with Gasteiger partial charge in [0.1, 0.15) is 17.9 Å². The number of rotatable bonds is 13. The number of aromatic nitrogens is 3. The van der Waals surface area contributed by atoms with Gasteiger partial charge in [-0.25, -0.2) is 4.98 Å². The summed E-state index contributed by atoms with van der Waals surface area (Å²) < 4.78 is 20.7. The lowest BCUT2D eigenvalue weighted by molar-refractivity contribution is -0.136. The van der Waals surface area contributed by atoms with Crippen LogP contribution in [0.25, 0.3) is 32.9 Å². The van der Waals surface area contributed by atoms with Crippen LogP contribution in [-0.4, -0.2) is 93.2 Å². The Morgan fingerprint density at radius 3 is 2.50 bits per heavy atom. The minimum atomic E-state index is -0.613. The lowest BCUT2D eigenvalue weighted by Crippen LogP contribution is -2.52. The number of fused-ring (bicyclic) bond motifs is 4. The summed E-state index contributed by atoms with van der Waals surface area (Å²) in [5, 5.41) is 4.72. The van der Waals surface area contributed by atoms with Gasteiger partial charge in [-0.2, -0.15) is 0 Å². The maximum Gasteiger partial charge on any atom is 0.255 e. The van der Waals surface area contributed by atoms with E-state index in [0.717, 1.165) is 74.8 Å². The second kappa shape index (κ2) is 15.7. The molecule has 0 spiro atoms. The van der Waals surface area contributed by atoms with Crippen molar-refractivity contribution in [3.05, 3.63) is 84.3 Å². The van der Waals surface area contributed by atoms with Crippen LogP contribution in [0.2, 0.25) is 0 Å². The second-order valence-corrected chi connectivity index (χ2v) is 15.8. The molecule has 3 aliphatic heterocycles. The molecule has 1 N–H and O–H groups in total. The number of pyridine rings is 2. The lowest BCUT2D eigenvalue weighted by Gasteiger charge is -2.40. The smallest absolute Gasteiger partial charge is 0.255 e. The number of likely N-dealkylation sites (tertiary alicyclic amines) is 1. The summed E-state index contributed by atoms with van der Waals surface area (Å²) in [7, 11) is 2.10. The Hall–Kier alpha value is -5.33. The molecule has 3 amide bonds. The van der Waals surface area contributed by atoms with Gasteiger partial charge in [-0.1, -0.05) is 18.2 Å². The molecule has 4 aliphatic rings. The molecule has 12 heteroatoms. The van der Waals surface area contributed by atoms with Gasteiger partial charge in [-0.05, 0) is 92.3 Å². The highest BCUT2D eigenvalue weighted by Crippen LogP contribution is 2.35. The maximum atomic E-state index is 13.1. The van der Waals surface area contributed by atoms with Crippen molar-refractivity contribution in [2.45, 2.75) is 76.2 Å². The number of nitrogens with one attached hydrogen (secondary N) is 1. The van der Waals surface area contributed by atoms with E-state index in [-0.39, 0.29) is 24.3 Å². The van der Waals surface area contributed by atoms with Crippen LogP contribution in [0.1, 0.15) is 67.3 Å². The fourth-order valence-electron chi connectivity index (χ4n) is 8.84. The molecule has 1 atom stereocenters. The van der Waals surface area contributed by atoms with Gasteiger partial charge in [0.25, 0.3) is 5.91 Å². The summed E-state index contributed by atoms with van der Waals surface area (Å²) in [5.41, 5.74) is 6.01. The molecule has 2 aromatic carbocycles. The first-order valence-electron chi connectivity index (χ1n) is 20.1. The van der Waals surface area contributed by atoms with Crippen molar-refractivity contribution in [2.24, 2.45) is 13.0 Å². The zero-order valence-electron chi connectivity index (χ0n) is 31.8. The average molecular weight is 757 g/mol. The number of benzene rings is 2. The molecular formula is C44H48N6O6. The first-order valence-corrected chi connectivity index (χ1v) is 20.1. The highest BCUT2D eigenvalue weighted by molar-refractivity contribution is 6.08. The topological polar surface area (TPSA) is 128 Å². The fraction of sp³-hybridized carbons (Fsp3) is 0.432. The summed E-state index contributed by atoms with van der Waals surface area (Å²) >= 11 is 0. The maximum absolute atomic E-state index is 13.1. The number of carbonyl (C=O) groups is 3. The van der Waals surface area contributed by atoms with Crippen LogP contribution in [0.4, 0.5) is 0 Å². The predicted octanol–water partition coefficient (Wildman–Crippen LogP) is 6.05. The summed E-state index contributed by atoms with van der Waals surface area (Å²) in [6, 6.07) is 17.6. The summed E-state index contributed by atoms with van der Waals surface area (Å²) in [6.07, 6.45) is 12.8. The molecular weight excluding hydrogens is 709 g/mol. The molecule has 5 aromatic rings. The SMILES string of the molecule is Cn1c2ccncc2c2ccc(-c3ccc(O[C@H]4C[C@H](CN5CCC(OCCCCOc6ccc7c(c6)C(=O)N(C6CCC(=O)NC6=O)C7)CC5)C4)nc3)cc21. The first kappa shape index (κ1) is 36.3. The Morgan fingerprint density at radius 2 is 1.68 bits per heavy atom. The van der Waals surface area contributed by atoms with E-state index in [2.05, 4.69) is 62.1 Å². The van der Waals surface area contributed by atoms with Gasteiger partial charge in [0.05, 0.1) is 18.2 Å². The van der Waals surface area contributed by atoms with Crippen molar-refractivity contribution in [3.63, 3.8) is 0 Å². The van der Waals surface area contributed by atoms with Crippen LogP contribution in [0.5, 0.6) is 11.6 Å². The Labute approximate surface area is 326 Å². The zero-order valence-corrected chi connectivity index (χ0v) is 31.8. The van der Waals surface area contributed by atoms with Crippen LogP contribution in [0.15, 0.2) is 73.2 Å². The Bertz CT molecular complexity index is 2260. The van der Waals surface area contributed by atoms with E-state index in [0.29, 0.717) is 55.4 Å². The van der Waals surface area contributed by atoms with Crippen LogP contribution in [0.3, 0.4) is 0 Å². The van der Waals surface area contributed by atoms with Gasteiger partial charge in [0.2, 0.25) is 17.7 Å². The standard InChI is InChI=1S/C44H48N6O6/c1-48-38-12-15-45-25-37(38)35-8-5-29(22-40(35)48)30-6-11-42(46-24-30)56-34-20-28(21-34)26-49-16-13-32(14-17-49)54-18-2-3-19-55-33-7-4-31-27-50(44(53)36(31)23-33)39-9-10-41(51)47-43(39)52/h4-8,11-12,15,22-25,28,32,34,39H,2-3,9-10,13-14,16-21,26-27H2,1H3,(H,47,51,52)/t28-,34-,39?. The molecule has 3 aromatic heterocycles. The monoisotopic (exact) mass is 756 g/mol. The van der Waals surface area contributed by atoms with Crippen LogP contribution in [0, 0.1) is 5.92 Å². The van der Waals surface area contributed by atoms with Gasteiger partial charge < -0.3 is 28.6 Å². The number of ether oxygens (including phenoxy) is 3. The molecule has 1 aliphatic carbocycles. The average Bonchev–Trinajstić information content (AvgIpc) is 3.68. The Kier molecular flexibility index (Phi) is 10.2. The Morgan fingerprint density at radius 1 is 0.839 bits per heavy atom. The van der Waals surface area contributed by atoms with Crippen molar-refractivity contribution >= 4 is 39.5 Å². The highest BCUT2D eigenvalue weighted by Gasteiger charge is 2.39. The van der Waals surface area contributed by atoms with Crippen LogP contribution >= 0.6 is 0 Å².